The van der Waals surface area contributed by atoms with Crippen molar-refractivity contribution in [2.45, 2.75) is 70.0 Å². The largest absolute Gasteiger partial charge is 0.348 e. The first-order chi connectivity index (χ1) is 8.27. The quantitative estimate of drug-likeness (QED) is 0.714. The van der Waals surface area contributed by atoms with Gasteiger partial charge in [0.05, 0.1) is 6.61 Å². The lowest BCUT2D eigenvalue weighted by Crippen LogP contribution is -2.40. The molecule has 5 nitrogen and oxygen atoms in total. The molecule has 3 rings (SSSR count). The average Bonchev–Trinajstić information content (AvgIpc) is 2.81. The predicted molar refractivity (Wildman–Crippen MR) is 58.5 cm³/mol. The molecule has 0 spiro atoms. The van der Waals surface area contributed by atoms with E-state index in [1.807, 2.05) is 0 Å². The molecular formula is C12H19FO5. The Morgan fingerprint density at radius 2 is 1.67 bits per heavy atom. The molecule has 0 amide bonds. The van der Waals surface area contributed by atoms with Crippen molar-refractivity contribution >= 4 is 0 Å². The van der Waals surface area contributed by atoms with Crippen molar-refractivity contribution in [3.63, 3.8) is 0 Å². The molecule has 0 saturated carbocycles. The zero-order chi connectivity index (χ0) is 13.1. The summed E-state index contributed by atoms with van der Waals surface area (Å²) in [6.45, 7) is 7.41. The molecule has 3 saturated heterocycles. The summed E-state index contributed by atoms with van der Waals surface area (Å²) >= 11 is 0. The molecule has 3 heterocycles. The Bertz CT molecular complexity index is 345. The molecular weight excluding hydrogens is 243 g/mol. The van der Waals surface area contributed by atoms with Crippen molar-refractivity contribution in [1.82, 2.24) is 0 Å². The Labute approximate surface area is 105 Å². The molecule has 0 aromatic carbocycles. The summed E-state index contributed by atoms with van der Waals surface area (Å²) < 4.78 is 42.0. The fraction of sp³-hybridized carbons (Fsp3) is 1.00. The van der Waals surface area contributed by atoms with Crippen LogP contribution in [0, 0.1) is 0 Å². The second-order valence-electron chi connectivity index (χ2n) is 5.88. The summed E-state index contributed by atoms with van der Waals surface area (Å²) in [5.74, 6) is -1.48. The zero-order valence-corrected chi connectivity index (χ0v) is 11.0. The Morgan fingerprint density at radius 1 is 0.944 bits per heavy atom. The maximum Gasteiger partial charge on any atom is 0.190 e. The van der Waals surface area contributed by atoms with Gasteiger partial charge in [0.1, 0.15) is 18.3 Å². The van der Waals surface area contributed by atoms with Gasteiger partial charge in [-0.2, -0.15) is 0 Å². The van der Waals surface area contributed by atoms with Crippen LogP contribution in [-0.2, 0) is 23.7 Å². The molecule has 18 heavy (non-hydrogen) atoms. The number of halogens is 1. The Kier molecular flexibility index (Phi) is 2.74. The van der Waals surface area contributed by atoms with Crippen LogP contribution < -0.4 is 0 Å². The van der Waals surface area contributed by atoms with E-state index in [0.717, 1.165) is 0 Å². The molecule has 3 fully saturated rings. The highest BCUT2D eigenvalue weighted by molar-refractivity contribution is 4.97. The smallest absolute Gasteiger partial charge is 0.190 e. The van der Waals surface area contributed by atoms with Crippen molar-refractivity contribution in [2.24, 2.45) is 0 Å². The third-order valence-electron chi connectivity index (χ3n) is 3.40. The fourth-order valence-corrected chi connectivity index (χ4v) is 2.67. The van der Waals surface area contributed by atoms with Crippen molar-refractivity contribution in [3.05, 3.63) is 0 Å². The first kappa shape index (κ1) is 12.7. The average molecular weight is 262 g/mol. The second-order valence-corrected chi connectivity index (χ2v) is 5.88. The van der Waals surface area contributed by atoms with Gasteiger partial charge in [0.2, 0.25) is 0 Å². The van der Waals surface area contributed by atoms with E-state index in [-0.39, 0.29) is 0 Å². The molecule has 0 aromatic heterocycles. The number of alkyl halides is 1. The number of hydrogen-bond donors (Lipinski definition) is 0. The van der Waals surface area contributed by atoms with Crippen LogP contribution in [0.1, 0.15) is 27.7 Å². The van der Waals surface area contributed by atoms with Crippen molar-refractivity contribution in [2.75, 3.05) is 6.61 Å². The van der Waals surface area contributed by atoms with Crippen LogP contribution in [0.25, 0.3) is 0 Å². The lowest BCUT2D eigenvalue weighted by atomic mass is 10.1. The third-order valence-corrected chi connectivity index (χ3v) is 3.40. The van der Waals surface area contributed by atoms with Gasteiger partial charge in [0.15, 0.2) is 24.0 Å². The predicted octanol–water partition coefficient (Wildman–Crippen LogP) is 1.35. The van der Waals surface area contributed by atoms with Gasteiger partial charge in [-0.1, -0.05) is 0 Å². The molecule has 0 radical (unpaired) electrons. The van der Waals surface area contributed by atoms with Gasteiger partial charge in [0, 0.05) is 0 Å². The van der Waals surface area contributed by atoms with Gasteiger partial charge < -0.3 is 23.7 Å². The van der Waals surface area contributed by atoms with Crippen LogP contribution >= 0.6 is 0 Å². The molecule has 3 aliphatic rings. The fourth-order valence-electron chi connectivity index (χ4n) is 2.67. The normalized spacial score (nSPS) is 49.5. The van der Waals surface area contributed by atoms with Crippen LogP contribution in [0.4, 0.5) is 4.39 Å². The van der Waals surface area contributed by atoms with Crippen molar-refractivity contribution in [1.29, 1.82) is 0 Å². The number of fused-ring (bicyclic) bond motifs is 1. The number of ether oxygens (including phenoxy) is 5. The molecule has 6 heteroatoms. The summed E-state index contributed by atoms with van der Waals surface area (Å²) in [7, 11) is 0. The molecule has 3 aliphatic heterocycles. The van der Waals surface area contributed by atoms with Crippen molar-refractivity contribution in [3.8, 4) is 0 Å². The summed E-state index contributed by atoms with van der Waals surface area (Å²) in [5.41, 5.74) is 0. The van der Waals surface area contributed by atoms with Crippen molar-refractivity contribution < 1.29 is 28.1 Å². The summed E-state index contributed by atoms with van der Waals surface area (Å²) in [6, 6.07) is 0. The van der Waals surface area contributed by atoms with E-state index in [4.69, 9.17) is 23.7 Å². The van der Waals surface area contributed by atoms with Gasteiger partial charge in [-0.05, 0) is 27.7 Å². The third kappa shape index (κ3) is 2.06. The number of hydrogen-bond acceptors (Lipinski definition) is 5. The SMILES string of the molecule is CC1(C)OCC([C@@H]2O[C@@H]3OC(C)(C)O[C@@H]3[C@H]2F)O1. The minimum absolute atomic E-state index is 0.320. The lowest BCUT2D eigenvalue weighted by molar-refractivity contribution is -0.227. The topological polar surface area (TPSA) is 46.2 Å². The van der Waals surface area contributed by atoms with Gasteiger partial charge in [0.25, 0.3) is 0 Å². The highest BCUT2D eigenvalue weighted by atomic mass is 19.1. The Morgan fingerprint density at radius 3 is 2.22 bits per heavy atom. The first-order valence-corrected chi connectivity index (χ1v) is 6.24. The zero-order valence-electron chi connectivity index (χ0n) is 11.0. The minimum Gasteiger partial charge on any atom is -0.348 e. The Hall–Kier alpha value is -0.270. The highest BCUT2D eigenvalue weighted by Crippen LogP contribution is 2.41. The van der Waals surface area contributed by atoms with E-state index in [1.54, 1.807) is 27.7 Å². The first-order valence-electron chi connectivity index (χ1n) is 6.24. The molecule has 1 unspecified atom stereocenters. The van der Waals surface area contributed by atoms with E-state index >= 15 is 0 Å². The summed E-state index contributed by atoms with van der Waals surface area (Å²) in [4.78, 5) is 0. The van der Waals surface area contributed by atoms with E-state index in [0.29, 0.717) is 6.61 Å². The van der Waals surface area contributed by atoms with E-state index < -0.39 is 42.3 Å². The van der Waals surface area contributed by atoms with Gasteiger partial charge in [-0.25, -0.2) is 4.39 Å². The second kappa shape index (κ2) is 3.86. The monoisotopic (exact) mass is 262 g/mol. The Balaban J connectivity index is 1.68. The standard InChI is InChI=1S/C12H19FO5/c1-11(2)14-5-6(16-11)8-7(13)9-10(15-8)18-12(3,4)17-9/h6-10H,5H2,1-4H3/t6?,7-,8-,9+,10+/m0/s1. The van der Waals surface area contributed by atoms with E-state index in [2.05, 4.69) is 0 Å². The van der Waals surface area contributed by atoms with Crippen LogP contribution in [0.2, 0.25) is 0 Å². The minimum atomic E-state index is -1.26. The van der Waals surface area contributed by atoms with Gasteiger partial charge in [-0.3, -0.25) is 0 Å². The molecule has 0 aromatic rings. The molecule has 104 valence electrons. The summed E-state index contributed by atoms with van der Waals surface area (Å²) in [6.07, 6.45) is -3.72. The van der Waals surface area contributed by atoms with Crippen LogP contribution in [-0.4, -0.2) is 49.0 Å². The molecule has 5 atom stereocenters. The molecule has 0 aliphatic carbocycles. The lowest BCUT2D eigenvalue weighted by Gasteiger charge is -2.25. The van der Waals surface area contributed by atoms with Gasteiger partial charge in [-0.15, -0.1) is 0 Å². The van der Waals surface area contributed by atoms with E-state index in [9.17, 15) is 4.39 Å². The molecule has 0 bridgehead atoms. The maximum absolute atomic E-state index is 14.3. The highest BCUT2D eigenvalue weighted by Gasteiger charge is 2.58. The maximum atomic E-state index is 14.3. The number of rotatable bonds is 1. The van der Waals surface area contributed by atoms with Gasteiger partial charge >= 0.3 is 0 Å². The van der Waals surface area contributed by atoms with Crippen LogP contribution in [0.5, 0.6) is 0 Å². The van der Waals surface area contributed by atoms with E-state index in [1.165, 1.54) is 0 Å². The van der Waals surface area contributed by atoms with Crippen LogP contribution in [0.15, 0.2) is 0 Å². The summed E-state index contributed by atoms with van der Waals surface area (Å²) in [5, 5.41) is 0. The molecule has 0 N–H and O–H groups in total. The van der Waals surface area contributed by atoms with Crippen LogP contribution in [0.3, 0.4) is 0 Å².